The SMILES string of the molecule is CCCCC/C=C/CC/C=C/C(O)C(COC1OC(CO)C(O)C(O)C1O)NC(=O)CCCCCCCCC/C=C\C/C=C\CCCCCOC(=O)CCCCCCCCC/C=C\CCCCCCCCC. The predicted octanol–water partition coefficient (Wildman–Crippen LogP) is 13.4. The van der Waals surface area contributed by atoms with Crippen molar-refractivity contribution in [3.63, 3.8) is 0 Å². The van der Waals surface area contributed by atoms with Crippen molar-refractivity contribution >= 4 is 11.9 Å². The number of rotatable bonds is 50. The highest BCUT2D eigenvalue weighted by Crippen LogP contribution is 2.23. The number of hydrogen-bond acceptors (Lipinski definition) is 10. The van der Waals surface area contributed by atoms with Crippen molar-refractivity contribution in [2.24, 2.45) is 0 Å². The van der Waals surface area contributed by atoms with Crippen LogP contribution in [0.5, 0.6) is 0 Å². The third kappa shape index (κ3) is 39.8. The molecule has 11 nitrogen and oxygen atoms in total. The molecular formula is C61H109NO10. The van der Waals surface area contributed by atoms with E-state index in [1.54, 1.807) is 6.08 Å². The maximum Gasteiger partial charge on any atom is 0.305 e. The Morgan fingerprint density at radius 2 is 0.944 bits per heavy atom. The molecule has 0 aromatic heterocycles. The summed E-state index contributed by atoms with van der Waals surface area (Å²) in [5.41, 5.74) is 0. The molecule has 1 fully saturated rings. The number of amides is 1. The van der Waals surface area contributed by atoms with Crippen LogP contribution in [-0.2, 0) is 23.8 Å². The Hall–Kier alpha value is -2.64. The lowest BCUT2D eigenvalue weighted by Crippen LogP contribution is -2.60. The third-order valence-electron chi connectivity index (χ3n) is 13.6. The maximum absolute atomic E-state index is 13.0. The van der Waals surface area contributed by atoms with Crippen molar-refractivity contribution in [1.29, 1.82) is 0 Å². The van der Waals surface area contributed by atoms with Crippen LogP contribution < -0.4 is 5.32 Å². The third-order valence-corrected chi connectivity index (χ3v) is 13.6. The molecule has 0 saturated carbocycles. The van der Waals surface area contributed by atoms with E-state index in [2.05, 4.69) is 67.8 Å². The molecule has 1 heterocycles. The Kier molecular flexibility index (Phi) is 47.3. The first kappa shape index (κ1) is 67.4. The standard InChI is InChI=1S/C61H109NO10/c1-3-5-7-9-11-13-14-15-16-17-20-23-26-29-33-37-41-45-49-57(66)70-50-46-42-38-34-30-27-24-21-18-19-22-25-28-32-36-40-44-48-56(65)62-53(54(64)47-43-39-35-31-12-10-8-6-4-2)52-71-61-60(69)59(68)58(67)55(51-63)72-61/h12,16-18,21,27,30-31,43,47,53-55,58-61,63-64,67-69H,3-11,13-15,19-20,22-26,28-29,32-42,44-46,48-52H2,1-2H3,(H,62,65)/b17-16-,21-18-,30-27-,31-12+,47-43+. The van der Waals surface area contributed by atoms with Crippen molar-refractivity contribution < 1.29 is 49.3 Å². The molecule has 0 aromatic rings. The van der Waals surface area contributed by atoms with Gasteiger partial charge < -0.3 is 45.1 Å². The van der Waals surface area contributed by atoms with E-state index < -0.39 is 49.5 Å². The van der Waals surface area contributed by atoms with Crippen molar-refractivity contribution in [3.05, 3.63) is 60.8 Å². The maximum atomic E-state index is 13.0. The molecule has 418 valence electrons. The molecular weight excluding hydrogens is 907 g/mol. The van der Waals surface area contributed by atoms with E-state index in [1.807, 2.05) is 6.08 Å². The molecule has 1 saturated heterocycles. The topological polar surface area (TPSA) is 175 Å². The fraction of sp³-hybridized carbons (Fsp3) is 0.803. The fourth-order valence-electron chi connectivity index (χ4n) is 8.83. The molecule has 1 aliphatic heterocycles. The Morgan fingerprint density at radius 1 is 0.514 bits per heavy atom. The van der Waals surface area contributed by atoms with E-state index >= 15 is 0 Å². The smallest absolute Gasteiger partial charge is 0.305 e. The van der Waals surface area contributed by atoms with E-state index in [0.717, 1.165) is 96.3 Å². The van der Waals surface area contributed by atoms with Crippen LogP contribution in [0.4, 0.5) is 0 Å². The van der Waals surface area contributed by atoms with Gasteiger partial charge in [0.25, 0.3) is 0 Å². The summed E-state index contributed by atoms with van der Waals surface area (Å²) >= 11 is 0. The Balaban J connectivity index is 2.06. The van der Waals surface area contributed by atoms with Gasteiger partial charge in [-0.2, -0.15) is 0 Å². The number of hydrogen-bond donors (Lipinski definition) is 6. The van der Waals surface area contributed by atoms with E-state index in [-0.39, 0.29) is 18.5 Å². The molecule has 1 amide bonds. The molecule has 0 aliphatic carbocycles. The average molecular weight is 1020 g/mol. The minimum absolute atomic E-state index is 0.0369. The minimum Gasteiger partial charge on any atom is -0.466 e. The Labute approximate surface area is 439 Å². The van der Waals surface area contributed by atoms with Gasteiger partial charge in [0.1, 0.15) is 24.4 Å². The first-order valence-corrected chi connectivity index (χ1v) is 29.6. The summed E-state index contributed by atoms with van der Waals surface area (Å²) in [5, 5.41) is 54.1. The largest absolute Gasteiger partial charge is 0.466 e. The molecule has 1 aliphatic rings. The van der Waals surface area contributed by atoms with Gasteiger partial charge in [0.05, 0.1) is 32.0 Å². The highest BCUT2D eigenvalue weighted by molar-refractivity contribution is 5.76. The van der Waals surface area contributed by atoms with Crippen LogP contribution in [0.15, 0.2) is 60.8 Å². The van der Waals surface area contributed by atoms with Gasteiger partial charge in [0, 0.05) is 12.8 Å². The van der Waals surface area contributed by atoms with Crippen LogP contribution >= 0.6 is 0 Å². The first-order valence-electron chi connectivity index (χ1n) is 29.6. The average Bonchev–Trinajstić information content (AvgIpc) is 3.38. The molecule has 7 unspecified atom stereocenters. The highest BCUT2D eigenvalue weighted by Gasteiger charge is 2.44. The summed E-state index contributed by atoms with van der Waals surface area (Å²) in [7, 11) is 0. The number of aliphatic hydroxyl groups is 5. The second-order valence-corrected chi connectivity index (χ2v) is 20.3. The molecule has 0 radical (unpaired) electrons. The van der Waals surface area contributed by atoms with Crippen molar-refractivity contribution in [1.82, 2.24) is 5.32 Å². The molecule has 0 aromatic carbocycles. The van der Waals surface area contributed by atoms with Gasteiger partial charge in [0.15, 0.2) is 6.29 Å². The number of esters is 1. The number of ether oxygens (including phenoxy) is 3. The van der Waals surface area contributed by atoms with E-state index in [0.29, 0.717) is 19.4 Å². The van der Waals surface area contributed by atoms with Gasteiger partial charge in [-0.3, -0.25) is 9.59 Å². The van der Waals surface area contributed by atoms with Crippen LogP contribution in [0.25, 0.3) is 0 Å². The van der Waals surface area contributed by atoms with Gasteiger partial charge in [-0.1, -0.05) is 190 Å². The zero-order valence-corrected chi connectivity index (χ0v) is 45.9. The van der Waals surface area contributed by atoms with E-state index in [9.17, 15) is 35.1 Å². The number of carbonyl (C=O) groups is 2. The molecule has 72 heavy (non-hydrogen) atoms. The van der Waals surface area contributed by atoms with Crippen LogP contribution in [0.1, 0.15) is 251 Å². The van der Waals surface area contributed by atoms with Crippen LogP contribution in [0.2, 0.25) is 0 Å². The van der Waals surface area contributed by atoms with Crippen LogP contribution in [0, 0.1) is 0 Å². The molecule has 7 atom stereocenters. The summed E-state index contributed by atoms with van der Waals surface area (Å²) in [4.78, 5) is 25.1. The van der Waals surface area contributed by atoms with Gasteiger partial charge >= 0.3 is 5.97 Å². The quantitative estimate of drug-likeness (QED) is 0.0195. The fourth-order valence-corrected chi connectivity index (χ4v) is 8.83. The second kappa shape index (κ2) is 50.5. The normalized spacial score (nSPS) is 19.5. The lowest BCUT2D eigenvalue weighted by atomic mass is 9.99. The number of carbonyl (C=O) groups excluding carboxylic acids is 2. The van der Waals surface area contributed by atoms with E-state index in [1.165, 1.54) is 128 Å². The lowest BCUT2D eigenvalue weighted by Gasteiger charge is -2.40. The Morgan fingerprint density at radius 3 is 1.49 bits per heavy atom. The van der Waals surface area contributed by atoms with Crippen molar-refractivity contribution in [2.45, 2.75) is 294 Å². The summed E-state index contributed by atoms with van der Waals surface area (Å²) in [5.74, 6) is -0.249. The lowest BCUT2D eigenvalue weighted by molar-refractivity contribution is -0.302. The number of nitrogens with one attached hydrogen (secondary N) is 1. The highest BCUT2D eigenvalue weighted by atomic mass is 16.7. The monoisotopic (exact) mass is 1020 g/mol. The molecule has 11 heteroatoms. The summed E-state index contributed by atoms with van der Waals surface area (Å²) in [6.45, 7) is 4.20. The van der Waals surface area contributed by atoms with Gasteiger partial charge in [0.2, 0.25) is 5.91 Å². The zero-order valence-electron chi connectivity index (χ0n) is 45.9. The number of unbranched alkanes of at least 4 members (excludes halogenated alkanes) is 28. The molecule has 1 rings (SSSR count). The van der Waals surface area contributed by atoms with Gasteiger partial charge in [-0.25, -0.2) is 0 Å². The number of allylic oxidation sites excluding steroid dienone is 9. The molecule has 6 N–H and O–H groups in total. The van der Waals surface area contributed by atoms with Crippen LogP contribution in [-0.4, -0.2) is 100 Å². The minimum atomic E-state index is -1.58. The summed E-state index contributed by atoms with van der Waals surface area (Å²) in [6.07, 6.45) is 54.7. The molecule has 0 bridgehead atoms. The van der Waals surface area contributed by atoms with E-state index in [4.69, 9.17) is 14.2 Å². The first-order chi connectivity index (χ1) is 35.2. The summed E-state index contributed by atoms with van der Waals surface area (Å²) in [6, 6.07) is -0.839. The van der Waals surface area contributed by atoms with Crippen LogP contribution in [0.3, 0.4) is 0 Å². The predicted molar refractivity (Wildman–Crippen MR) is 296 cm³/mol. The number of aliphatic hydroxyl groups excluding tert-OH is 5. The Bertz CT molecular complexity index is 1380. The molecule has 0 spiro atoms. The van der Waals surface area contributed by atoms with Gasteiger partial charge in [-0.05, 0) is 109 Å². The summed E-state index contributed by atoms with van der Waals surface area (Å²) < 4.78 is 16.6. The second-order valence-electron chi connectivity index (χ2n) is 20.3. The van der Waals surface area contributed by atoms with Crippen molar-refractivity contribution in [2.75, 3.05) is 19.8 Å². The zero-order chi connectivity index (χ0) is 52.4. The van der Waals surface area contributed by atoms with Gasteiger partial charge in [-0.15, -0.1) is 0 Å². The van der Waals surface area contributed by atoms with Crippen molar-refractivity contribution in [3.8, 4) is 0 Å².